The fourth-order valence-electron chi connectivity index (χ4n) is 1.54. The fraction of sp³-hybridized carbons (Fsp3) is 0.0714. The molecule has 4 nitrogen and oxygen atoms in total. The molecular formula is C14H10Cl2O4. The number of benzene rings is 2. The first-order valence-electron chi connectivity index (χ1n) is 5.61. The normalized spacial score (nSPS) is 10.1. The third kappa shape index (κ3) is 3.56. The topological polar surface area (TPSA) is 55.8 Å². The summed E-state index contributed by atoms with van der Waals surface area (Å²) in [5.41, 5.74) is -0.112. The minimum Gasteiger partial charge on any atom is -0.478 e. The largest absolute Gasteiger partial charge is 0.478 e. The van der Waals surface area contributed by atoms with Crippen LogP contribution in [0.1, 0.15) is 10.4 Å². The predicted octanol–water partition coefficient (Wildman–Crippen LogP) is 4.11. The van der Waals surface area contributed by atoms with Gasteiger partial charge in [0.1, 0.15) is 11.3 Å². The number of para-hydroxylation sites is 1. The molecule has 0 spiro atoms. The van der Waals surface area contributed by atoms with E-state index in [4.69, 9.17) is 37.8 Å². The lowest BCUT2D eigenvalue weighted by atomic mass is 10.2. The standard InChI is InChI=1S/C14H10Cl2O4/c15-9-6-11(14(17)18)13(12(16)7-9)20-8-19-10-4-2-1-3-5-10/h1-7H,8H2,(H,17,18). The number of ether oxygens (including phenoxy) is 2. The molecule has 0 saturated heterocycles. The van der Waals surface area contributed by atoms with Gasteiger partial charge in [-0.25, -0.2) is 4.79 Å². The second kappa shape index (κ2) is 6.50. The van der Waals surface area contributed by atoms with Crippen LogP contribution >= 0.6 is 23.2 Å². The number of carbonyl (C=O) groups is 1. The fourth-order valence-corrected chi connectivity index (χ4v) is 2.09. The molecule has 20 heavy (non-hydrogen) atoms. The highest BCUT2D eigenvalue weighted by Crippen LogP contribution is 2.32. The van der Waals surface area contributed by atoms with Crippen LogP contribution in [0.15, 0.2) is 42.5 Å². The van der Waals surface area contributed by atoms with E-state index in [1.165, 1.54) is 12.1 Å². The highest BCUT2D eigenvalue weighted by molar-refractivity contribution is 6.36. The third-order valence-electron chi connectivity index (χ3n) is 2.41. The Labute approximate surface area is 125 Å². The van der Waals surface area contributed by atoms with E-state index in [0.717, 1.165) is 0 Å². The number of carboxylic acids is 1. The zero-order valence-corrected chi connectivity index (χ0v) is 11.7. The summed E-state index contributed by atoms with van der Waals surface area (Å²) in [7, 11) is 0. The molecule has 0 bridgehead atoms. The van der Waals surface area contributed by atoms with Crippen LogP contribution in [-0.2, 0) is 0 Å². The first-order valence-corrected chi connectivity index (χ1v) is 6.36. The first kappa shape index (κ1) is 14.5. The van der Waals surface area contributed by atoms with Crippen molar-refractivity contribution in [3.05, 3.63) is 58.1 Å². The SMILES string of the molecule is O=C(O)c1cc(Cl)cc(Cl)c1OCOc1ccccc1. The average Bonchev–Trinajstić information content (AvgIpc) is 2.41. The number of hydrogen-bond acceptors (Lipinski definition) is 3. The summed E-state index contributed by atoms with van der Waals surface area (Å²) in [6, 6.07) is 11.7. The zero-order chi connectivity index (χ0) is 14.5. The van der Waals surface area contributed by atoms with Gasteiger partial charge < -0.3 is 14.6 Å². The molecule has 6 heteroatoms. The molecule has 104 valence electrons. The summed E-state index contributed by atoms with van der Waals surface area (Å²) in [5, 5.41) is 9.44. The number of halogens is 2. The lowest BCUT2D eigenvalue weighted by Crippen LogP contribution is -2.09. The van der Waals surface area contributed by atoms with Gasteiger partial charge in [0.2, 0.25) is 6.79 Å². The molecule has 0 aliphatic heterocycles. The summed E-state index contributed by atoms with van der Waals surface area (Å²) in [5.74, 6) is -0.543. The third-order valence-corrected chi connectivity index (χ3v) is 2.91. The number of aromatic carboxylic acids is 1. The molecule has 1 N–H and O–H groups in total. The Bertz CT molecular complexity index is 614. The van der Waals surface area contributed by atoms with Crippen LogP contribution in [0.3, 0.4) is 0 Å². The van der Waals surface area contributed by atoms with Crippen LogP contribution < -0.4 is 9.47 Å². The van der Waals surface area contributed by atoms with Gasteiger partial charge in [-0.3, -0.25) is 0 Å². The average molecular weight is 313 g/mol. The smallest absolute Gasteiger partial charge is 0.339 e. The minimum absolute atomic E-state index is 0.0273. The first-order chi connectivity index (χ1) is 9.58. The molecule has 0 radical (unpaired) electrons. The van der Waals surface area contributed by atoms with Crippen molar-refractivity contribution in [2.75, 3.05) is 6.79 Å². The van der Waals surface area contributed by atoms with Gasteiger partial charge in [-0.1, -0.05) is 41.4 Å². The lowest BCUT2D eigenvalue weighted by Gasteiger charge is -2.12. The monoisotopic (exact) mass is 312 g/mol. The molecule has 2 aromatic rings. The second-order valence-electron chi connectivity index (χ2n) is 3.79. The zero-order valence-electron chi connectivity index (χ0n) is 10.2. The predicted molar refractivity (Wildman–Crippen MR) is 76.0 cm³/mol. The van der Waals surface area contributed by atoms with E-state index in [-0.39, 0.29) is 28.2 Å². The van der Waals surface area contributed by atoms with Crippen molar-refractivity contribution < 1.29 is 19.4 Å². The van der Waals surface area contributed by atoms with Crippen LogP contribution in [0.5, 0.6) is 11.5 Å². The Morgan fingerprint density at radius 2 is 1.80 bits per heavy atom. The van der Waals surface area contributed by atoms with E-state index >= 15 is 0 Å². The number of hydrogen-bond donors (Lipinski definition) is 1. The highest BCUT2D eigenvalue weighted by atomic mass is 35.5. The van der Waals surface area contributed by atoms with Gasteiger partial charge in [-0.2, -0.15) is 0 Å². The molecule has 0 aliphatic rings. The summed E-state index contributed by atoms with van der Waals surface area (Å²) in [6.07, 6.45) is 0. The molecule has 0 amide bonds. The maximum Gasteiger partial charge on any atom is 0.339 e. The maximum atomic E-state index is 11.1. The van der Waals surface area contributed by atoms with Crippen molar-refractivity contribution in [1.29, 1.82) is 0 Å². The van der Waals surface area contributed by atoms with Gasteiger partial charge in [0.05, 0.1) is 5.02 Å². The molecule has 0 aliphatic carbocycles. The Morgan fingerprint density at radius 3 is 2.45 bits per heavy atom. The molecular weight excluding hydrogens is 303 g/mol. The second-order valence-corrected chi connectivity index (χ2v) is 4.63. The van der Waals surface area contributed by atoms with Gasteiger partial charge >= 0.3 is 5.97 Å². The quantitative estimate of drug-likeness (QED) is 0.844. The van der Waals surface area contributed by atoms with Crippen molar-refractivity contribution in [2.45, 2.75) is 0 Å². The van der Waals surface area contributed by atoms with Gasteiger partial charge in [0.15, 0.2) is 5.75 Å². The van der Waals surface area contributed by atoms with Gasteiger partial charge in [-0.15, -0.1) is 0 Å². The molecule has 0 aromatic heterocycles. The van der Waals surface area contributed by atoms with Crippen LogP contribution in [0, 0.1) is 0 Å². The molecule has 0 heterocycles. The van der Waals surface area contributed by atoms with Crippen molar-refractivity contribution in [3.8, 4) is 11.5 Å². The van der Waals surface area contributed by atoms with Crippen molar-refractivity contribution in [2.24, 2.45) is 0 Å². The molecule has 0 fully saturated rings. The number of rotatable bonds is 5. The summed E-state index contributed by atoms with van der Waals surface area (Å²) in [6.45, 7) is -0.161. The van der Waals surface area contributed by atoms with E-state index in [1.54, 1.807) is 12.1 Å². The van der Waals surface area contributed by atoms with Crippen LogP contribution in [0.4, 0.5) is 0 Å². The van der Waals surface area contributed by atoms with Crippen molar-refractivity contribution in [1.82, 2.24) is 0 Å². The maximum absolute atomic E-state index is 11.1. The molecule has 0 atom stereocenters. The highest BCUT2D eigenvalue weighted by Gasteiger charge is 2.16. The van der Waals surface area contributed by atoms with Gasteiger partial charge in [0.25, 0.3) is 0 Å². The van der Waals surface area contributed by atoms with E-state index < -0.39 is 5.97 Å². The van der Waals surface area contributed by atoms with Gasteiger partial charge in [0, 0.05) is 5.02 Å². The summed E-state index contributed by atoms with van der Waals surface area (Å²) in [4.78, 5) is 11.1. The van der Waals surface area contributed by atoms with Crippen molar-refractivity contribution in [3.63, 3.8) is 0 Å². The molecule has 2 aromatic carbocycles. The Hall–Kier alpha value is -1.91. The van der Waals surface area contributed by atoms with Crippen LogP contribution in [0.25, 0.3) is 0 Å². The Morgan fingerprint density at radius 1 is 1.10 bits per heavy atom. The van der Waals surface area contributed by atoms with E-state index in [9.17, 15) is 4.79 Å². The van der Waals surface area contributed by atoms with E-state index in [1.807, 2.05) is 18.2 Å². The summed E-state index contributed by atoms with van der Waals surface area (Å²) < 4.78 is 10.6. The van der Waals surface area contributed by atoms with Crippen LogP contribution in [0.2, 0.25) is 10.0 Å². The Balaban J connectivity index is 2.11. The van der Waals surface area contributed by atoms with E-state index in [2.05, 4.69) is 0 Å². The molecule has 0 saturated carbocycles. The minimum atomic E-state index is -1.18. The lowest BCUT2D eigenvalue weighted by molar-refractivity contribution is 0.0682. The van der Waals surface area contributed by atoms with E-state index in [0.29, 0.717) is 5.75 Å². The molecule has 2 rings (SSSR count). The van der Waals surface area contributed by atoms with Gasteiger partial charge in [-0.05, 0) is 24.3 Å². The van der Waals surface area contributed by atoms with Crippen molar-refractivity contribution >= 4 is 29.2 Å². The number of carboxylic acid groups (broad SMARTS) is 1. The Kier molecular flexibility index (Phi) is 4.71. The summed E-state index contributed by atoms with van der Waals surface area (Å²) >= 11 is 11.7. The van der Waals surface area contributed by atoms with Crippen LogP contribution in [-0.4, -0.2) is 17.9 Å². The molecule has 0 unspecified atom stereocenters.